The van der Waals surface area contributed by atoms with Gasteiger partial charge in [0.05, 0.1) is 0 Å². The molecule has 3 heteroatoms. The number of rotatable bonds is 6. The monoisotopic (exact) mass is 258 g/mol. The molecule has 0 rings (SSSR count). The highest BCUT2D eigenvalue weighted by Gasteiger charge is 2.43. The second kappa shape index (κ2) is 5.19. The van der Waals surface area contributed by atoms with Crippen LogP contribution in [0.25, 0.3) is 0 Å². The summed E-state index contributed by atoms with van der Waals surface area (Å²) < 4.78 is 6.56. The third-order valence-electron chi connectivity index (χ3n) is 4.38. The third-order valence-corrected chi connectivity index (χ3v) is 12.6. The molecule has 0 saturated heterocycles. The highest BCUT2D eigenvalue weighted by atomic mass is 28.4. The summed E-state index contributed by atoms with van der Waals surface area (Å²) in [5.41, 5.74) is 2.86. The van der Waals surface area contributed by atoms with Crippen LogP contribution in [0.3, 0.4) is 0 Å². The molecular weight excluding hydrogens is 228 g/mol. The van der Waals surface area contributed by atoms with Gasteiger partial charge in [-0.15, -0.1) is 6.58 Å². The summed E-state index contributed by atoms with van der Waals surface area (Å²) in [5.74, 6) is 0. The first-order chi connectivity index (χ1) is 7.00. The fraction of sp³-hybridized carbons (Fsp3) is 0.846. The Labute approximate surface area is 104 Å². The Kier molecular flexibility index (Phi) is 5.23. The van der Waals surface area contributed by atoms with Gasteiger partial charge in [-0.3, -0.25) is 0 Å². The molecule has 1 nitrogen and oxygen atoms in total. The second-order valence-corrected chi connectivity index (χ2v) is 15.9. The molecule has 0 radical (unpaired) electrons. The van der Waals surface area contributed by atoms with E-state index in [1.54, 1.807) is 0 Å². The molecule has 0 aromatic heterocycles. The van der Waals surface area contributed by atoms with E-state index in [9.17, 15) is 0 Å². The van der Waals surface area contributed by atoms with Gasteiger partial charge in [0.2, 0.25) is 0 Å². The average Bonchev–Trinajstić information content (AvgIpc) is 2.14. The van der Waals surface area contributed by atoms with Crippen molar-refractivity contribution in [1.29, 1.82) is 0 Å². The lowest BCUT2D eigenvalue weighted by Gasteiger charge is -2.45. The number of hydrogen-bond donors (Lipinski definition) is 0. The van der Waals surface area contributed by atoms with Crippen molar-refractivity contribution in [2.75, 3.05) is 0 Å². The summed E-state index contributed by atoms with van der Waals surface area (Å²) in [6, 6.07) is 0. The smallest absolute Gasteiger partial charge is 0.189 e. The Bertz CT molecular complexity index is 244. The van der Waals surface area contributed by atoms with Crippen molar-refractivity contribution in [3.63, 3.8) is 0 Å². The van der Waals surface area contributed by atoms with E-state index in [1.807, 2.05) is 0 Å². The van der Waals surface area contributed by atoms with Crippen LogP contribution in [0.1, 0.15) is 34.1 Å². The summed E-state index contributed by atoms with van der Waals surface area (Å²) in [6.07, 6.45) is 1.21. The van der Waals surface area contributed by atoms with Gasteiger partial charge in [0.15, 0.2) is 8.32 Å². The summed E-state index contributed by atoms with van der Waals surface area (Å²) >= 11 is 0. The second-order valence-electron chi connectivity index (χ2n) is 6.45. The van der Waals surface area contributed by atoms with E-state index in [4.69, 9.17) is 4.43 Å². The molecule has 0 aliphatic heterocycles. The van der Waals surface area contributed by atoms with Crippen molar-refractivity contribution >= 4 is 16.4 Å². The quantitative estimate of drug-likeness (QED) is 0.624. The van der Waals surface area contributed by atoms with E-state index >= 15 is 0 Å². The predicted octanol–water partition coefficient (Wildman–Crippen LogP) is 4.76. The van der Waals surface area contributed by atoms with Crippen molar-refractivity contribution < 1.29 is 4.43 Å². The molecule has 0 aliphatic carbocycles. The van der Waals surface area contributed by atoms with Crippen LogP contribution in [-0.4, -0.2) is 21.6 Å². The van der Waals surface area contributed by atoms with Crippen molar-refractivity contribution in [2.45, 2.75) is 71.1 Å². The van der Waals surface area contributed by atoms with E-state index in [0.717, 1.165) is 0 Å². The topological polar surface area (TPSA) is 9.23 Å². The van der Waals surface area contributed by atoms with Crippen LogP contribution >= 0.6 is 0 Å². The molecule has 1 unspecified atom stereocenters. The molecule has 0 fully saturated rings. The van der Waals surface area contributed by atoms with Crippen molar-refractivity contribution in [2.24, 2.45) is 0 Å². The molecule has 0 aromatic carbocycles. The van der Waals surface area contributed by atoms with E-state index in [1.165, 1.54) is 6.42 Å². The minimum absolute atomic E-state index is 0.00605. The van der Waals surface area contributed by atoms with Crippen LogP contribution in [-0.2, 0) is 4.43 Å². The maximum absolute atomic E-state index is 6.56. The molecule has 0 heterocycles. The molecule has 0 amide bonds. The van der Waals surface area contributed by atoms with Crippen LogP contribution < -0.4 is 0 Å². The first-order valence-electron chi connectivity index (χ1n) is 6.34. The predicted molar refractivity (Wildman–Crippen MR) is 80.0 cm³/mol. The molecule has 0 saturated carbocycles. The summed E-state index contributed by atoms with van der Waals surface area (Å²) in [6.45, 7) is 22.4. The zero-order chi connectivity index (χ0) is 13.2. The SMILES string of the molecule is C=C[Si](C)(C)C(C)(C)O[Si](C)(C)C(C)CC. The maximum Gasteiger partial charge on any atom is 0.189 e. The van der Waals surface area contributed by atoms with Crippen molar-refractivity contribution in [3.8, 4) is 0 Å². The van der Waals surface area contributed by atoms with Crippen molar-refractivity contribution in [3.05, 3.63) is 12.3 Å². The van der Waals surface area contributed by atoms with Crippen molar-refractivity contribution in [1.82, 2.24) is 0 Å². The lowest BCUT2D eigenvalue weighted by molar-refractivity contribution is 0.171. The largest absolute Gasteiger partial charge is 0.415 e. The van der Waals surface area contributed by atoms with Gasteiger partial charge < -0.3 is 4.43 Å². The minimum Gasteiger partial charge on any atom is -0.415 e. The Morgan fingerprint density at radius 1 is 1.25 bits per heavy atom. The highest BCUT2D eigenvalue weighted by Crippen LogP contribution is 2.34. The maximum atomic E-state index is 6.56. The Hall–Kier alpha value is 0.134. The highest BCUT2D eigenvalue weighted by molar-refractivity contribution is 6.85. The lowest BCUT2D eigenvalue weighted by Crippen LogP contribution is -2.56. The zero-order valence-corrected chi connectivity index (χ0v) is 14.5. The van der Waals surface area contributed by atoms with Gasteiger partial charge in [-0.1, -0.05) is 39.1 Å². The van der Waals surface area contributed by atoms with E-state index < -0.39 is 16.4 Å². The minimum atomic E-state index is -1.58. The Balaban J connectivity index is 4.90. The summed E-state index contributed by atoms with van der Waals surface area (Å²) in [5, 5.41) is -0.00605. The molecule has 0 aromatic rings. The fourth-order valence-corrected chi connectivity index (χ4v) is 6.46. The van der Waals surface area contributed by atoms with Gasteiger partial charge >= 0.3 is 0 Å². The Morgan fingerprint density at radius 3 is 2.00 bits per heavy atom. The van der Waals surface area contributed by atoms with Gasteiger partial charge in [-0.25, -0.2) is 0 Å². The lowest BCUT2D eigenvalue weighted by atomic mass is 10.4. The molecule has 96 valence electrons. The molecule has 0 N–H and O–H groups in total. The molecule has 0 spiro atoms. The van der Waals surface area contributed by atoms with Crippen LogP contribution in [0, 0.1) is 0 Å². The van der Waals surface area contributed by atoms with Gasteiger partial charge in [-0.05, 0) is 32.5 Å². The van der Waals surface area contributed by atoms with Crippen LogP contribution in [0.5, 0.6) is 0 Å². The molecule has 16 heavy (non-hydrogen) atoms. The molecule has 0 aliphatic rings. The van der Waals surface area contributed by atoms with Gasteiger partial charge in [-0.2, -0.15) is 0 Å². The van der Waals surface area contributed by atoms with E-state index in [2.05, 4.69) is 66.2 Å². The first kappa shape index (κ1) is 16.1. The third kappa shape index (κ3) is 3.57. The first-order valence-corrected chi connectivity index (χ1v) is 12.4. The van der Waals surface area contributed by atoms with E-state index in [0.29, 0.717) is 5.54 Å². The van der Waals surface area contributed by atoms with Gasteiger partial charge in [0.1, 0.15) is 8.07 Å². The molecule has 1 atom stereocenters. The summed E-state index contributed by atoms with van der Waals surface area (Å²) in [4.78, 5) is 0. The standard InChI is InChI=1S/C13H30OSi2/c1-10-12(3)16(8,9)14-13(4,5)15(6,7)11-2/h11-12H,2,10H2,1,3-9H3. The number of hydrogen-bond acceptors (Lipinski definition) is 1. The van der Waals surface area contributed by atoms with E-state index in [-0.39, 0.29) is 5.22 Å². The fourth-order valence-electron chi connectivity index (χ4n) is 1.63. The Morgan fingerprint density at radius 2 is 1.69 bits per heavy atom. The van der Waals surface area contributed by atoms with Gasteiger partial charge in [0, 0.05) is 5.22 Å². The zero-order valence-electron chi connectivity index (χ0n) is 12.5. The van der Waals surface area contributed by atoms with Crippen LogP contribution in [0.4, 0.5) is 0 Å². The van der Waals surface area contributed by atoms with Crippen LogP contribution in [0.15, 0.2) is 12.3 Å². The average molecular weight is 259 g/mol. The van der Waals surface area contributed by atoms with Crippen LogP contribution in [0.2, 0.25) is 31.7 Å². The molecular formula is C13H30OSi2. The normalized spacial score (nSPS) is 16.0. The van der Waals surface area contributed by atoms with Gasteiger partial charge in [0.25, 0.3) is 0 Å². The summed E-state index contributed by atoms with van der Waals surface area (Å²) in [7, 11) is -3.08. The molecule has 0 bridgehead atoms.